The van der Waals surface area contributed by atoms with Crippen molar-refractivity contribution in [1.29, 1.82) is 0 Å². The van der Waals surface area contributed by atoms with Gasteiger partial charge in [0.15, 0.2) is 0 Å². The molecule has 0 saturated heterocycles. The summed E-state index contributed by atoms with van der Waals surface area (Å²) in [6, 6.07) is 24.9. The summed E-state index contributed by atoms with van der Waals surface area (Å²) in [6.07, 6.45) is 1.77. The molecule has 0 fully saturated rings. The highest BCUT2D eigenvalue weighted by atomic mass is 79.9. The van der Waals surface area contributed by atoms with Gasteiger partial charge in [0, 0.05) is 15.6 Å². The van der Waals surface area contributed by atoms with E-state index >= 15 is 0 Å². The lowest BCUT2D eigenvalue weighted by Crippen LogP contribution is -2.32. The first-order valence-corrected chi connectivity index (χ1v) is 9.55. The number of carbonyl (C=O) groups excluding carboxylic acids is 1. The van der Waals surface area contributed by atoms with E-state index in [0.717, 1.165) is 21.3 Å². The second kappa shape index (κ2) is 7.82. The Morgan fingerprint density at radius 3 is 2.32 bits per heavy atom. The van der Waals surface area contributed by atoms with Crippen LogP contribution in [-0.2, 0) is 4.79 Å². The van der Waals surface area contributed by atoms with Crippen LogP contribution in [0, 0.1) is 0 Å². The predicted octanol–water partition coefficient (Wildman–Crippen LogP) is 5.29. The van der Waals surface area contributed by atoms with E-state index in [1.807, 2.05) is 78.9 Å². The summed E-state index contributed by atoms with van der Waals surface area (Å²) in [5.74, 6) is 1.13. The van der Waals surface area contributed by atoms with Crippen LogP contribution >= 0.6 is 15.9 Å². The fraction of sp³-hybridized carbons (Fsp3) is 0.0435. The largest absolute Gasteiger partial charge is 0.496 e. The lowest BCUT2D eigenvalue weighted by atomic mass is 10.1. The zero-order chi connectivity index (χ0) is 19.5. The van der Waals surface area contributed by atoms with E-state index in [-0.39, 0.29) is 5.91 Å². The molecule has 1 aliphatic rings. The summed E-state index contributed by atoms with van der Waals surface area (Å²) in [4.78, 5) is 19.6. The Morgan fingerprint density at radius 1 is 0.929 bits per heavy atom. The highest BCUT2D eigenvalue weighted by molar-refractivity contribution is 9.10. The van der Waals surface area contributed by atoms with Gasteiger partial charge in [-0.3, -0.25) is 9.69 Å². The van der Waals surface area contributed by atoms with Gasteiger partial charge in [0.25, 0.3) is 5.91 Å². The van der Waals surface area contributed by atoms with Crippen molar-refractivity contribution >= 4 is 39.4 Å². The van der Waals surface area contributed by atoms with Gasteiger partial charge in [0.05, 0.1) is 12.8 Å². The van der Waals surface area contributed by atoms with Crippen molar-refractivity contribution in [1.82, 2.24) is 0 Å². The average Bonchev–Trinajstić information content (AvgIpc) is 3.06. The standard InChI is InChI=1S/C23H17BrN2O2/c1-28-21-10-6-5-9-17(21)15-20-23(27)26(19-13-11-18(24)12-14-19)22(25-20)16-7-3-2-4-8-16/h2-15H,1H3/b20-15+. The molecule has 4 rings (SSSR count). The molecule has 1 aliphatic heterocycles. The van der Waals surface area contributed by atoms with Gasteiger partial charge in [-0.15, -0.1) is 0 Å². The number of rotatable bonds is 4. The Kier molecular flexibility index (Phi) is 5.08. The minimum Gasteiger partial charge on any atom is -0.496 e. The Labute approximate surface area is 171 Å². The van der Waals surface area contributed by atoms with Crippen LogP contribution in [0.15, 0.2) is 94.0 Å². The SMILES string of the molecule is COc1ccccc1/C=C1/N=C(c2ccccc2)N(c2ccc(Br)cc2)C1=O. The minimum atomic E-state index is -0.174. The predicted molar refractivity (Wildman–Crippen MR) is 116 cm³/mol. The third-order valence-corrected chi connectivity index (χ3v) is 4.94. The molecule has 5 heteroatoms. The summed E-state index contributed by atoms with van der Waals surface area (Å²) in [6.45, 7) is 0. The molecule has 0 saturated carbocycles. The van der Waals surface area contributed by atoms with Crippen LogP contribution in [0.2, 0.25) is 0 Å². The van der Waals surface area contributed by atoms with Crippen molar-refractivity contribution < 1.29 is 9.53 Å². The van der Waals surface area contributed by atoms with Gasteiger partial charge in [0.2, 0.25) is 0 Å². The van der Waals surface area contributed by atoms with Crippen LogP contribution < -0.4 is 9.64 Å². The molecule has 3 aromatic rings. The van der Waals surface area contributed by atoms with Crippen molar-refractivity contribution in [2.45, 2.75) is 0 Å². The van der Waals surface area contributed by atoms with Gasteiger partial charge < -0.3 is 4.74 Å². The number of amidine groups is 1. The molecule has 1 amide bonds. The number of hydrogen-bond acceptors (Lipinski definition) is 3. The van der Waals surface area contributed by atoms with Gasteiger partial charge in [-0.05, 0) is 36.4 Å². The monoisotopic (exact) mass is 432 g/mol. The number of amides is 1. The molecule has 0 aliphatic carbocycles. The Hall–Kier alpha value is -3.18. The van der Waals surface area contributed by atoms with E-state index in [9.17, 15) is 4.79 Å². The number of nitrogens with zero attached hydrogens (tertiary/aromatic N) is 2. The van der Waals surface area contributed by atoms with Crippen molar-refractivity contribution in [2.75, 3.05) is 12.0 Å². The third-order valence-electron chi connectivity index (χ3n) is 4.41. The number of methoxy groups -OCH3 is 1. The number of para-hydroxylation sites is 1. The van der Waals surface area contributed by atoms with E-state index in [1.54, 1.807) is 18.1 Å². The van der Waals surface area contributed by atoms with Crippen molar-refractivity contribution in [3.05, 3.63) is 100 Å². The zero-order valence-corrected chi connectivity index (χ0v) is 16.8. The van der Waals surface area contributed by atoms with Crippen LogP contribution in [0.5, 0.6) is 5.75 Å². The first kappa shape index (κ1) is 18.2. The molecule has 0 aromatic heterocycles. The summed E-state index contributed by atoms with van der Waals surface area (Å²) < 4.78 is 6.35. The van der Waals surface area contributed by atoms with Crippen LogP contribution in [0.3, 0.4) is 0 Å². The first-order valence-electron chi connectivity index (χ1n) is 8.76. The number of halogens is 1. The van der Waals surface area contributed by atoms with Crippen molar-refractivity contribution in [2.24, 2.45) is 4.99 Å². The van der Waals surface area contributed by atoms with Crippen LogP contribution in [0.4, 0.5) is 5.69 Å². The molecule has 0 N–H and O–H groups in total. The van der Waals surface area contributed by atoms with Gasteiger partial charge in [-0.2, -0.15) is 0 Å². The Balaban J connectivity index is 1.83. The summed E-state index contributed by atoms with van der Waals surface area (Å²) in [5.41, 5.74) is 2.81. The molecule has 3 aromatic carbocycles. The molecular formula is C23H17BrN2O2. The second-order valence-corrected chi connectivity index (χ2v) is 7.11. The molecule has 0 bridgehead atoms. The Morgan fingerprint density at radius 2 is 1.61 bits per heavy atom. The van der Waals surface area contributed by atoms with E-state index < -0.39 is 0 Å². The molecule has 28 heavy (non-hydrogen) atoms. The van der Waals surface area contributed by atoms with Gasteiger partial charge in [-0.1, -0.05) is 64.5 Å². The molecule has 0 unspecified atom stereocenters. The highest BCUT2D eigenvalue weighted by Crippen LogP contribution is 2.30. The van der Waals surface area contributed by atoms with Crippen LogP contribution in [0.25, 0.3) is 6.08 Å². The van der Waals surface area contributed by atoms with E-state index in [1.165, 1.54) is 0 Å². The number of ether oxygens (including phenoxy) is 1. The number of carbonyl (C=O) groups is 1. The summed E-state index contributed by atoms with van der Waals surface area (Å²) in [7, 11) is 1.61. The van der Waals surface area contributed by atoms with E-state index in [4.69, 9.17) is 4.74 Å². The summed E-state index contributed by atoms with van der Waals surface area (Å²) >= 11 is 3.44. The maximum atomic E-state index is 13.3. The van der Waals surface area contributed by atoms with Gasteiger partial charge in [0.1, 0.15) is 17.3 Å². The number of anilines is 1. The third kappa shape index (κ3) is 3.49. The lowest BCUT2D eigenvalue weighted by molar-refractivity contribution is -0.113. The van der Waals surface area contributed by atoms with Gasteiger partial charge in [-0.25, -0.2) is 4.99 Å². The minimum absolute atomic E-state index is 0.174. The number of hydrogen-bond donors (Lipinski definition) is 0. The smallest absolute Gasteiger partial charge is 0.282 e. The average molecular weight is 433 g/mol. The topological polar surface area (TPSA) is 41.9 Å². The Bertz CT molecular complexity index is 1070. The van der Waals surface area contributed by atoms with Crippen molar-refractivity contribution in [3.8, 4) is 5.75 Å². The number of benzene rings is 3. The number of aliphatic imine (C=N–C) groups is 1. The molecule has 1 heterocycles. The molecular weight excluding hydrogens is 416 g/mol. The van der Waals surface area contributed by atoms with E-state index in [0.29, 0.717) is 17.3 Å². The second-order valence-electron chi connectivity index (χ2n) is 6.19. The van der Waals surface area contributed by atoms with Crippen LogP contribution in [-0.4, -0.2) is 18.9 Å². The normalized spacial score (nSPS) is 15.1. The molecule has 4 nitrogen and oxygen atoms in total. The highest BCUT2D eigenvalue weighted by Gasteiger charge is 2.32. The molecule has 0 spiro atoms. The molecule has 0 radical (unpaired) electrons. The maximum Gasteiger partial charge on any atom is 0.282 e. The zero-order valence-electron chi connectivity index (χ0n) is 15.2. The fourth-order valence-corrected chi connectivity index (χ4v) is 3.32. The van der Waals surface area contributed by atoms with Gasteiger partial charge >= 0.3 is 0 Å². The van der Waals surface area contributed by atoms with E-state index in [2.05, 4.69) is 20.9 Å². The summed E-state index contributed by atoms with van der Waals surface area (Å²) in [5, 5.41) is 0. The van der Waals surface area contributed by atoms with Crippen LogP contribution in [0.1, 0.15) is 11.1 Å². The molecule has 138 valence electrons. The first-order chi connectivity index (χ1) is 13.7. The lowest BCUT2D eigenvalue weighted by Gasteiger charge is -2.18. The fourth-order valence-electron chi connectivity index (χ4n) is 3.06. The van der Waals surface area contributed by atoms with Crippen molar-refractivity contribution in [3.63, 3.8) is 0 Å². The molecule has 0 atom stereocenters. The quantitative estimate of drug-likeness (QED) is 0.525. The maximum absolute atomic E-state index is 13.3.